The second-order valence-electron chi connectivity index (χ2n) is 8.43. The van der Waals surface area contributed by atoms with Gasteiger partial charge in [0.15, 0.2) is 5.82 Å². The summed E-state index contributed by atoms with van der Waals surface area (Å²) in [6.07, 6.45) is 0.178. The van der Waals surface area contributed by atoms with Crippen LogP contribution in [0.1, 0.15) is 43.5 Å². The number of carbonyl (C=O) groups excluding carboxylic acids is 1. The molecule has 0 spiro atoms. The van der Waals surface area contributed by atoms with Crippen LogP contribution >= 0.6 is 0 Å². The molecule has 2 aromatic heterocycles. The summed E-state index contributed by atoms with van der Waals surface area (Å²) in [5.41, 5.74) is -1.68. The third-order valence-corrected chi connectivity index (χ3v) is 6.09. The molecule has 1 saturated heterocycles. The molecule has 3 aromatic rings. The lowest BCUT2D eigenvalue weighted by molar-refractivity contribution is -0.137. The molecule has 1 aliphatic carbocycles. The molecule has 0 unspecified atom stereocenters. The van der Waals surface area contributed by atoms with Gasteiger partial charge in [-0.05, 0) is 43.9 Å². The molecule has 9 nitrogen and oxygen atoms in total. The Bertz CT molecular complexity index is 1160. The topological polar surface area (TPSA) is 102 Å². The van der Waals surface area contributed by atoms with Gasteiger partial charge < -0.3 is 14.7 Å². The van der Waals surface area contributed by atoms with Gasteiger partial charge in [0, 0.05) is 18.2 Å². The second kappa shape index (κ2) is 7.04. The molecule has 5 rings (SSSR count). The monoisotopic (exact) mass is 447 g/mol. The molecule has 2 aliphatic rings. The Morgan fingerprint density at radius 1 is 1.25 bits per heavy atom. The fourth-order valence-corrected chi connectivity index (χ4v) is 4.97. The van der Waals surface area contributed by atoms with Crippen molar-refractivity contribution in [1.29, 1.82) is 0 Å². The van der Waals surface area contributed by atoms with Crippen molar-refractivity contribution in [1.82, 2.24) is 30.0 Å². The number of aromatic nitrogens is 5. The van der Waals surface area contributed by atoms with E-state index in [0.29, 0.717) is 30.5 Å². The van der Waals surface area contributed by atoms with E-state index in [2.05, 4.69) is 32.6 Å². The summed E-state index contributed by atoms with van der Waals surface area (Å²) in [7, 11) is 0. The van der Waals surface area contributed by atoms with Gasteiger partial charge in [0.1, 0.15) is 5.54 Å². The number of aryl methyl sites for hydroxylation is 1. The number of halogens is 3. The van der Waals surface area contributed by atoms with Crippen molar-refractivity contribution in [2.75, 3.05) is 5.32 Å². The van der Waals surface area contributed by atoms with Crippen LogP contribution < -0.4 is 5.32 Å². The molecule has 1 saturated carbocycles. The van der Waals surface area contributed by atoms with Gasteiger partial charge >= 0.3 is 12.2 Å². The van der Waals surface area contributed by atoms with Gasteiger partial charge in [-0.2, -0.15) is 33.1 Å². The molecule has 32 heavy (non-hydrogen) atoms. The van der Waals surface area contributed by atoms with Gasteiger partial charge in [-0.1, -0.05) is 12.1 Å². The summed E-state index contributed by atoms with van der Waals surface area (Å²) >= 11 is 0. The molecule has 3 heterocycles. The fraction of sp³-hybridized carbons (Fsp3) is 0.450. The summed E-state index contributed by atoms with van der Waals surface area (Å²) in [6.45, 7) is 3.82. The number of hydrogen-bond donors (Lipinski definition) is 1. The third kappa shape index (κ3) is 3.21. The lowest BCUT2D eigenvalue weighted by atomic mass is 9.64. The van der Waals surface area contributed by atoms with Crippen molar-refractivity contribution >= 4 is 11.7 Å². The van der Waals surface area contributed by atoms with Gasteiger partial charge in [0.25, 0.3) is 5.89 Å². The lowest BCUT2D eigenvalue weighted by Crippen LogP contribution is -2.70. The Balaban J connectivity index is 1.46. The number of piperidine rings is 1. The minimum absolute atomic E-state index is 0.00680. The quantitative estimate of drug-likeness (QED) is 0.653. The molecule has 3 atom stereocenters. The molecule has 12 heteroatoms. The van der Waals surface area contributed by atoms with Crippen molar-refractivity contribution in [3.8, 4) is 5.69 Å². The third-order valence-electron chi connectivity index (χ3n) is 6.09. The van der Waals surface area contributed by atoms with Crippen LogP contribution in [0.5, 0.6) is 0 Å². The van der Waals surface area contributed by atoms with Crippen molar-refractivity contribution in [3.05, 3.63) is 47.9 Å². The van der Waals surface area contributed by atoms with E-state index < -0.39 is 23.3 Å². The van der Waals surface area contributed by atoms with E-state index in [1.807, 2.05) is 0 Å². The second-order valence-corrected chi connectivity index (χ2v) is 8.43. The van der Waals surface area contributed by atoms with E-state index in [4.69, 9.17) is 4.52 Å². The van der Waals surface area contributed by atoms with Crippen LogP contribution in [0, 0.1) is 12.8 Å². The van der Waals surface area contributed by atoms with Crippen LogP contribution in [0.2, 0.25) is 0 Å². The molecule has 1 N–H and O–H groups in total. The maximum Gasteiger partial charge on any atom is 0.418 e. The van der Waals surface area contributed by atoms with Gasteiger partial charge in [-0.15, -0.1) is 0 Å². The zero-order chi connectivity index (χ0) is 22.7. The maximum absolute atomic E-state index is 13.5. The molecular weight excluding hydrogens is 427 g/mol. The van der Waals surface area contributed by atoms with E-state index in [-0.39, 0.29) is 17.4 Å². The van der Waals surface area contributed by atoms with Crippen molar-refractivity contribution in [2.45, 2.75) is 50.9 Å². The smallest absolute Gasteiger partial charge is 0.337 e. The number of rotatable bonds is 3. The average Bonchev–Trinajstić information content (AvgIpc) is 3.38. The zero-order valence-electron chi connectivity index (χ0n) is 17.3. The molecule has 1 aliphatic heterocycles. The highest BCUT2D eigenvalue weighted by atomic mass is 19.4. The Labute approximate surface area is 180 Å². The van der Waals surface area contributed by atoms with E-state index in [1.165, 1.54) is 24.5 Å². The number of amides is 2. The van der Waals surface area contributed by atoms with Crippen molar-refractivity contribution in [2.24, 2.45) is 5.92 Å². The predicted octanol–water partition coefficient (Wildman–Crippen LogP) is 3.91. The number of likely N-dealkylation sites (tertiary alicyclic amines) is 1. The molecule has 2 bridgehead atoms. The van der Waals surface area contributed by atoms with Crippen LogP contribution in [0.15, 0.2) is 35.1 Å². The van der Waals surface area contributed by atoms with Gasteiger partial charge in [0.05, 0.1) is 23.6 Å². The van der Waals surface area contributed by atoms with E-state index in [1.54, 1.807) is 11.8 Å². The first-order valence-electron chi connectivity index (χ1n) is 10.2. The number of nitrogens with one attached hydrogen (secondary N) is 1. The first-order chi connectivity index (χ1) is 15.2. The van der Waals surface area contributed by atoms with Crippen LogP contribution in [-0.2, 0) is 11.7 Å². The lowest BCUT2D eigenvalue weighted by Gasteiger charge is -2.61. The highest BCUT2D eigenvalue weighted by molar-refractivity contribution is 5.91. The summed E-state index contributed by atoms with van der Waals surface area (Å²) in [5, 5.41) is 14.2. The number of urea groups is 1. The fourth-order valence-electron chi connectivity index (χ4n) is 4.97. The summed E-state index contributed by atoms with van der Waals surface area (Å²) < 4.78 is 45.8. The standard InChI is InChI=1S/C20H20F3N7O2/c1-11-7-14-10-19(9-11,17-26-12(2)28-32-17)29(14)18(31)27-13-3-4-15(20(21,22)23)16(8-13)30-24-5-6-25-30/h3-6,8,11,14H,7,9-10H2,1-2H3,(H,27,31)/t11-,14+,19-/m0/s1. The van der Waals surface area contributed by atoms with Crippen LogP contribution in [0.25, 0.3) is 5.69 Å². The number of benzene rings is 1. The molecular formula is C20H20F3N7O2. The minimum Gasteiger partial charge on any atom is -0.337 e. The molecule has 0 radical (unpaired) electrons. The highest BCUT2D eigenvalue weighted by Crippen LogP contribution is 2.55. The molecule has 1 aromatic carbocycles. The van der Waals surface area contributed by atoms with Crippen LogP contribution in [0.4, 0.5) is 23.7 Å². The van der Waals surface area contributed by atoms with E-state index in [0.717, 1.165) is 17.3 Å². The van der Waals surface area contributed by atoms with Crippen molar-refractivity contribution in [3.63, 3.8) is 0 Å². The number of hydrogen-bond acceptors (Lipinski definition) is 6. The largest absolute Gasteiger partial charge is 0.418 e. The first kappa shape index (κ1) is 20.5. The maximum atomic E-state index is 13.5. The van der Waals surface area contributed by atoms with Crippen LogP contribution in [-0.4, -0.2) is 42.1 Å². The number of fused-ring (bicyclic) bond motifs is 2. The SMILES string of the molecule is Cc1noc([C@]23C[C@@H](C)C[C@H](C2)N3C(=O)Nc2ccc(C(F)(F)F)c(-n3nccn3)c2)n1. The Morgan fingerprint density at radius 3 is 2.66 bits per heavy atom. The highest BCUT2D eigenvalue weighted by Gasteiger charge is 2.62. The molecule has 2 amide bonds. The Hall–Kier alpha value is -3.44. The number of carbonyl (C=O) groups is 1. The van der Waals surface area contributed by atoms with E-state index in [9.17, 15) is 18.0 Å². The zero-order valence-corrected chi connectivity index (χ0v) is 17.3. The summed E-state index contributed by atoms with van der Waals surface area (Å²) in [4.78, 5) is 20.2. The van der Waals surface area contributed by atoms with Crippen molar-refractivity contribution < 1.29 is 22.5 Å². The Morgan fingerprint density at radius 2 is 2.00 bits per heavy atom. The first-order valence-corrected chi connectivity index (χ1v) is 10.2. The van der Waals surface area contributed by atoms with E-state index >= 15 is 0 Å². The van der Waals surface area contributed by atoms with Gasteiger partial charge in [0.2, 0.25) is 0 Å². The van der Waals surface area contributed by atoms with Gasteiger partial charge in [-0.3, -0.25) is 0 Å². The Kier molecular flexibility index (Phi) is 4.50. The summed E-state index contributed by atoms with van der Waals surface area (Å²) in [6, 6.07) is 2.90. The number of alkyl halides is 3. The average molecular weight is 447 g/mol. The number of nitrogens with zero attached hydrogens (tertiary/aromatic N) is 6. The summed E-state index contributed by atoms with van der Waals surface area (Å²) in [5.74, 6) is 1.24. The minimum atomic E-state index is -4.60. The molecule has 168 valence electrons. The number of anilines is 1. The van der Waals surface area contributed by atoms with Crippen LogP contribution in [0.3, 0.4) is 0 Å². The van der Waals surface area contributed by atoms with Gasteiger partial charge in [-0.25, -0.2) is 4.79 Å². The predicted molar refractivity (Wildman–Crippen MR) is 105 cm³/mol. The normalized spacial score (nSPS) is 24.8. The molecule has 2 fully saturated rings.